The van der Waals surface area contributed by atoms with Gasteiger partial charge in [0.1, 0.15) is 5.82 Å². The Balaban J connectivity index is 2.33. The van der Waals surface area contributed by atoms with Crippen molar-refractivity contribution in [1.29, 1.82) is 0 Å². The first-order valence-electron chi connectivity index (χ1n) is 4.22. The van der Waals surface area contributed by atoms with Gasteiger partial charge < -0.3 is 10.4 Å². The van der Waals surface area contributed by atoms with Crippen molar-refractivity contribution >= 4 is 11.8 Å². The fourth-order valence-corrected chi connectivity index (χ4v) is 1.44. The molecule has 1 aromatic rings. The summed E-state index contributed by atoms with van der Waals surface area (Å²) in [4.78, 5) is 10.6. The molecule has 0 fully saturated rings. The third-order valence-corrected chi connectivity index (χ3v) is 2.12. The molecule has 2 N–H and O–H groups in total. The molecule has 0 spiro atoms. The highest BCUT2D eigenvalue weighted by atomic mass is 16.4. The van der Waals surface area contributed by atoms with Crippen LogP contribution in [0, 0.1) is 5.92 Å². The quantitative estimate of drug-likeness (QED) is 0.667. The van der Waals surface area contributed by atoms with Crippen LogP contribution in [0.3, 0.4) is 0 Å². The number of carboxylic acids is 1. The van der Waals surface area contributed by atoms with E-state index in [4.69, 9.17) is 5.11 Å². The van der Waals surface area contributed by atoms with E-state index in [2.05, 4.69) is 17.3 Å². The van der Waals surface area contributed by atoms with Crippen molar-refractivity contribution in [2.45, 2.75) is 13.5 Å². The molecular weight excluding hydrogens is 170 g/mol. The second kappa shape index (κ2) is 2.76. The SMILES string of the molecule is CC1CNc2cc(C(=O)O)nn2C1. The van der Waals surface area contributed by atoms with Crippen LogP contribution in [-0.2, 0) is 6.54 Å². The first-order valence-corrected chi connectivity index (χ1v) is 4.22. The summed E-state index contributed by atoms with van der Waals surface area (Å²) in [5, 5.41) is 15.8. The molecule has 0 saturated carbocycles. The number of carboxylic acid groups (broad SMARTS) is 1. The second-order valence-electron chi connectivity index (χ2n) is 3.39. The molecule has 0 aromatic carbocycles. The summed E-state index contributed by atoms with van der Waals surface area (Å²) in [6.07, 6.45) is 0. The third-order valence-electron chi connectivity index (χ3n) is 2.12. The zero-order valence-electron chi connectivity index (χ0n) is 7.32. The smallest absolute Gasteiger partial charge is 0.356 e. The molecular formula is C8H11N3O2. The molecule has 1 aliphatic rings. The molecule has 2 rings (SSSR count). The van der Waals surface area contributed by atoms with Gasteiger partial charge in [0.25, 0.3) is 0 Å². The van der Waals surface area contributed by atoms with E-state index in [1.807, 2.05) is 0 Å². The Bertz CT molecular complexity index is 345. The first kappa shape index (κ1) is 8.10. The van der Waals surface area contributed by atoms with E-state index in [-0.39, 0.29) is 5.69 Å². The standard InChI is InChI=1S/C8H11N3O2/c1-5-3-9-7-2-6(8(12)13)10-11(7)4-5/h2,5,9H,3-4H2,1H3,(H,12,13). The maximum Gasteiger partial charge on any atom is 0.356 e. The number of hydrogen-bond acceptors (Lipinski definition) is 3. The summed E-state index contributed by atoms with van der Waals surface area (Å²) in [5.41, 5.74) is 0.108. The maximum atomic E-state index is 10.6. The van der Waals surface area contributed by atoms with E-state index >= 15 is 0 Å². The zero-order valence-corrected chi connectivity index (χ0v) is 7.32. The summed E-state index contributed by atoms with van der Waals surface area (Å²) in [6.45, 7) is 3.76. The predicted octanol–water partition coefficient (Wildman–Crippen LogP) is 0.643. The summed E-state index contributed by atoms with van der Waals surface area (Å²) >= 11 is 0. The summed E-state index contributed by atoms with van der Waals surface area (Å²) in [6, 6.07) is 1.56. The van der Waals surface area contributed by atoms with Gasteiger partial charge in [0.2, 0.25) is 0 Å². The Morgan fingerprint density at radius 2 is 2.62 bits per heavy atom. The van der Waals surface area contributed by atoms with E-state index in [1.165, 1.54) is 0 Å². The van der Waals surface area contributed by atoms with Gasteiger partial charge in [-0.2, -0.15) is 5.10 Å². The normalized spacial score (nSPS) is 20.5. The molecule has 5 heteroatoms. The van der Waals surface area contributed by atoms with E-state index in [0.717, 1.165) is 18.9 Å². The first-order chi connectivity index (χ1) is 6.16. The van der Waals surface area contributed by atoms with Crippen molar-refractivity contribution in [3.63, 3.8) is 0 Å². The molecule has 5 nitrogen and oxygen atoms in total. The Morgan fingerprint density at radius 3 is 3.31 bits per heavy atom. The number of hydrogen-bond donors (Lipinski definition) is 2. The lowest BCUT2D eigenvalue weighted by Crippen LogP contribution is -2.25. The van der Waals surface area contributed by atoms with Gasteiger partial charge in [-0.25, -0.2) is 9.48 Å². The number of carbonyl (C=O) groups is 1. The van der Waals surface area contributed by atoms with Gasteiger partial charge in [-0.15, -0.1) is 0 Å². The number of nitrogens with one attached hydrogen (secondary N) is 1. The Labute approximate surface area is 75.4 Å². The molecule has 0 bridgehead atoms. The van der Waals surface area contributed by atoms with Crippen molar-refractivity contribution in [2.24, 2.45) is 5.92 Å². The number of aromatic carboxylic acids is 1. The van der Waals surface area contributed by atoms with E-state index < -0.39 is 5.97 Å². The lowest BCUT2D eigenvalue weighted by Gasteiger charge is -2.21. The third kappa shape index (κ3) is 1.37. The van der Waals surface area contributed by atoms with Crippen LogP contribution in [0.15, 0.2) is 6.07 Å². The van der Waals surface area contributed by atoms with Crippen molar-refractivity contribution in [3.8, 4) is 0 Å². The van der Waals surface area contributed by atoms with Gasteiger partial charge in [0.05, 0.1) is 0 Å². The van der Waals surface area contributed by atoms with E-state index in [0.29, 0.717) is 5.92 Å². The highest BCUT2D eigenvalue weighted by Gasteiger charge is 2.18. The summed E-state index contributed by atoms with van der Waals surface area (Å²) < 4.78 is 1.71. The minimum atomic E-state index is -0.976. The average molecular weight is 181 g/mol. The van der Waals surface area contributed by atoms with E-state index in [1.54, 1.807) is 10.7 Å². The summed E-state index contributed by atoms with van der Waals surface area (Å²) in [5.74, 6) is 0.320. The fraction of sp³-hybridized carbons (Fsp3) is 0.500. The Kier molecular flexibility index (Phi) is 1.72. The molecule has 1 aliphatic heterocycles. The number of nitrogens with zero attached hydrogens (tertiary/aromatic N) is 2. The highest BCUT2D eigenvalue weighted by Crippen LogP contribution is 2.17. The highest BCUT2D eigenvalue weighted by molar-refractivity contribution is 5.86. The van der Waals surface area contributed by atoms with Crippen LogP contribution >= 0.6 is 0 Å². The lowest BCUT2D eigenvalue weighted by molar-refractivity contribution is 0.0689. The van der Waals surface area contributed by atoms with Gasteiger partial charge in [0, 0.05) is 19.2 Å². The van der Waals surface area contributed by atoms with Gasteiger partial charge in [0.15, 0.2) is 5.69 Å². The molecule has 0 saturated heterocycles. The van der Waals surface area contributed by atoms with Gasteiger partial charge in [-0.1, -0.05) is 6.92 Å². The summed E-state index contributed by atoms with van der Waals surface area (Å²) in [7, 11) is 0. The number of anilines is 1. The molecule has 0 aliphatic carbocycles. The Hall–Kier alpha value is -1.52. The van der Waals surface area contributed by atoms with Crippen molar-refractivity contribution in [3.05, 3.63) is 11.8 Å². The number of fused-ring (bicyclic) bond motifs is 1. The Morgan fingerprint density at radius 1 is 1.85 bits per heavy atom. The molecule has 0 radical (unpaired) electrons. The van der Waals surface area contributed by atoms with Crippen LogP contribution in [-0.4, -0.2) is 27.4 Å². The van der Waals surface area contributed by atoms with Gasteiger partial charge >= 0.3 is 5.97 Å². The number of rotatable bonds is 1. The molecule has 13 heavy (non-hydrogen) atoms. The monoisotopic (exact) mass is 181 g/mol. The zero-order chi connectivity index (χ0) is 9.42. The molecule has 1 atom stereocenters. The van der Waals surface area contributed by atoms with Gasteiger partial charge in [-0.05, 0) is 5.92 Å². The van der Waals surface area contributed by atoms with Crippen LogP contribution in [0.1, 0.15) is 17.4 Å². The maximum absolute atomic E-state index is 10.6. The number of aromatic nitrogens is 2. The largest absolute Gasteiger partial charge is 0.476 e. The molecule has 0 amide bonds. The van der Waals surface area contributed by atoms with Crippen LogP contribution in [0.25, 0.3) is 0 Å². The van der Waals surface area contributed by atoms with Gasteiger partial charge in [-0.3, -0.25) is 0 Å². The minimum absolute atomic E-state index is 0.108. The van der Waals surface area contributed by atoms with Crippen LogP contribution in [0.5, 0.6) is 0 Å². The van der Waals surface area contributed by atoms with Crippen molar-refractivity contribution in [2.75, 3.05) is 11.9 Å². The van der Waals surface area contributed by atoms with E-state index in [9.17, 15) is 4.79 Å². The van der Waals surface area contributed by atoms with Crippen LogP contribution in [0.4, 0.5) is 5.82 Å². The predicted molar refractivity (Wildman–Crippen MR) is 46.8 cm³/mol. The van der Waals surface area contributed by atoms with Crippen molar-refractivity contribution in [1.82, 2.24) is 9.78 Å². The topological polar surface area (TPSA) is 67.2 Å². The molecule has 1 unspecified atom stereocenters. The van der Waals surface area contributed by atoms with Crippen LogP contribution in [0.2, 0.25) is 0 Å². The second-order valence-corrected chi connectivity index (χ2v) is 3.39. The fourth-order valence-electron chi connectivity index (χ4n) is 1.44. The minimum Gasteiger partial charge on any atom is -0.476 e. The lowest BCUT2D eigenvalue weighted by atomic mass is 10.1. The van der Waals surface area contributed by atoms with Crippen LogP contribution < -0.4 is 5.32 Å². The molecule has 2 heterocycles. The van der Waals surface area contributed by atoms with Crippen molar-refractivity contribution < 1.29 is 9.90 Å². The molecule has 1 aromatic heterocycles. The average Bonchev–Trinajstić information content (AvgIpc) is 2.46. The molecule has 70 valence electrons.